The molecule has 0 heterocycles. The molecule has 3 aromatic rings. The smallest absolute Gasteiger partial charge is 0.267 e. The van der Waals surface area contributed by atoms with E-state index in [-0.39, 0.29) is 11.8 Å². The molecule has 0 spiro atoms. The fraction of sp³-hybridized carbons (Fsp3) is 0.259. The molecule has 6 heteroatoms. The molecule has 3 rings (SSSR count). The first-order valence-corrected chi connectivity index (χ1v) is 11.7. The average molecular weight is 509 g/mol. The van der Waals surface area contributed by atoms with E-state index >= 15 is 0 Å². The summed E-state index contributed by atoms with van der Waals surface area (Å²) in [4.78, 5) is 27.5. The average Bonchev–Trinajstić information content (AvgIpc) is 2.80. The summed E-state index contributed by atoms with van der Waals surface area (Å²) in [5.74, 6) is 0.245. The second-order valence-electron chi connectivity index (χ2n) is 8.03. The van der Waals surface area contributed by atoms with Crippen LogP contribution in [0, 0.1) is 13.8 Å². The molecule has 2 amide bonds. The van der Waals surface area contributed by atoms with Crippen molar-refractivity contribution in [1.82, 2.24) is 5.32 Å². The second-order valence-corrected chi connectivity index (χ2v) is 8.95. The highest BCUT2D eigenvalue weighted by molar-refractivity contribution is 9.10. The maximum atomic E-state index is 13.2. The normalized spacial score (nSPS) is 11.5. The first kappa shape index (κ1) is 24.5. The maximum absolute atomic E-state index is 13.2. The molecule has 1 unspecified atom stereocenters. The molecule has 0 saturated heterocycles. The third kappa shape index (κ3) is 6.23. The third-order valence-electron chi connectivity index (χ3n) is 5.45. The molecule has 1 atom stereocenters. The Hall–Kier alpha value is -3.12. The minimum Gasteiger partial charge on any atom is -0.480 e. The van der Waals surface area contributed by atoms with E-state index in [4.69, 9.17) is 4.74 Å². The van der Waals surface area contributed by atoms with Crippen LogP contribution in [0.5, 0.6) is 5.75 Å². The topological polar surface area (TPSA) is 58.6 Å². The molecule has 33 heavy (non-hydrogen) atoms. The van der Waals surface area contributed by atoms with Crippen molar-refractivity contribution in [1.29, 1.82) is 0 Å². The number of rotatable bonds is 8. The van der Waals surface area contributed by atoms with Crippen molar-refractivity contribution in [2.24, 2.45) is 0 Å². The number of benzene rings is 3. The summed E-state index contributed by atoms with van der Waals surface area (Å²) in [5.41, 5.74) is 4.04. The van der Waals surface area contributed by atoms with E-state index in [1.807, 2.05) is 62.4 Å². The van der Waals surface area contributed by atoms with Gasteiger partial charge in [0.2, 0.25) is 0 Å². The standard InChI is InChI=1S/C27H29BrN2O3/c1-18-16-22(28)17-19(2)25(18)33-20(3)27(32)30(4)24-13-9-8-12-23(24)26(31)29-15-14-21-10-6-5-7-11-21/h5-13,16-17,20H,14-15H2,1-4H3,(H,29,31). The molecule has 0 aromatic heterocycles. The van der Waals surface area contributed by atoms with Gasteiger partial charge >= 0.3 is 0 Å². The number of para-hydroxylation sites is 1. The van der Waals surface area contributed by atoms with Crippen LogP contribution < -0.4 is 15.0 Å². The summed E-state index contributed by atoms with van der Waals surface area (Å²) in [6, 6.07) is 21.0. The van der Waals surface area contributed by atoms with Gasteiger partial charge in [0.25, 0.3) is 11.8 Å². The molecule has 1 N–H and O–H groups in total. The first-order valence-electron chi connectivity index (χ1n) is 10.9. The number of halogens is 1. The number of hydrogen-bond acceptors (Lipinski definition) is 3. The van der Waals surface area contributed by atoms with E-state index in [1.165, 1.54) is 4.90 Å². The fourth-order valence-corrected chi connectivity index (χ4v) is 4.41. The zero-order chi connectivity index (χ0) is 24.0. The Bertz CT molecular complexity index is 1110. The zero-order valence-corrected chi connectivity index (χ0v) is 21.0. The SMILES string of the molecule is Cc1cc(Br)cc(C)c1OC(C)C(=O)N(C)c1ccccc1C(=O)NCCc1ccccc1. The van der Waals surface area contributed by atoms with E-state index < -0.39 is 6.10 Å². The van der Waals surface area contributed by atoms with Crippen LogP contribution in [-0.2, 0) is 11.2 Å². The molecular weight excluding hydrogens is 480 g/mol. The largest absolute Gasteiger partial charge is 0.480 e. The molecule has 0 aliphatic rings. The van der Waals surface area contributed by atoms with E-state index in [9.17, 15) is 9.59 Å². The van der Waals surface area contributed by atoms with Gasteiger partial charge in [0.05, 0.1) is 11.3 Å². The lowest BCUT2D eigenvalue weighted by Gasteiger charge is -2.25. The van der Waals surface area contributed by atoms with Crippen LogP contribution in [0.15, 0.2) is 71.2 Å². The monoisotopic (exact) mass is 508 g/mol. The second kappa shape index (κ2) is 11.1. The summed E-state index contributed by atoms with van der Waals surface area (Å²) in [7, 11) is 1.67. The number of ether oxygens (including phenoxy) is 1. The van der Waals surface area contributed by atoms with Gasteiger partial charge in [-0.2, -0.15) is 0 Å². The first-order chi connectivity index (χ1) is 15.8. The van der Waals surface area contributed by atoms with Crippen molar-refractivity contribution >= 4 is 33.4 Å². The van der Waals surface area contributed by atoms with Crippen LogP contribution in [0.25, 0.3) is 0 Å². The van der Waals surface area contributed by atoms with Gasteiger partial charge in [0.15, 0.2) is 6.10 Å². The number of anilines is 1. The Morgan fingerprint density at radius 2 is 1.61 bits per heavy atom. The molecular formula is C27H29BrN2O3. The summed E-state index contributed by atoms with van der Waals surface area (Å²) in [6.45, 7) is 6.13. The number of carbonyl (C=O) groups is 2. The molecule has 0 fully saturated rings. The van der Waals surface area contributed by atoms with Crippen molar-refractivity contribution in [3.63, 3.8) is 0 Å². The number of aryl methyl sites for hydroxylation is 2. The highest BCUT2D eigenvalue weighted by Gasteiger charge is 2.25. The minimum atomic E-state index is -0.720. The number of nitrogens with one attached hydrogen (secondary N) is 1. The van der Waals surface area contributed by atoms with E-state index in [0.717, 1.165) is 27.6 Å². The lowest BCUT2D eigenvalue weighted by atomic mass is 10.1. The molecule has 0 bridgehead atoms. The zero-order valence-electron chi connectivity index (χ0n) is 19.4. The quantitative estimate of drug-likeness (QED) is 0.438. The fourth-order valence-electron chi connectivity index (χ4n) is 3.72. The van der Waals surface area contributed by atoms with Crippen LogP contribution >= 0.6 is 15.9 Å². The van der Waals surface area contributed by atoms with E-state index in [0.29, 0.717) is 23.5 Å². The van der Waals surface area contributed by atoms with Crippen LogP contribution in [0.3, 0.4) is 0 Å². The Morgan fingerprint density at radius 3 is 2.27 bits per heavy atom. The van der Waals surface area contributed by atoms with Crippen LogP contribution in [0.1, 0.15) is 34.0 Å². The third-order valence-corrected chi connectivity index (χ3v) is 5.91. The highest BCUT2D eigenvalue weighted by Crippen LogP contribution is 2.29. The summed E-state index contributed by atoms with van der Waals surface area (Å²) < 4.78 is 7.00. The molecule has 0 radical (unpaired) electrons. The Kier molecular flexibility index (Phi) is 8.28. The predicted octanol–water partition coefficient (Wildman–Crippen LogP) is 5.47. The maximum Gasteiger partial charge on any atom is 0.267 e. The van der Waals surface area contributed by atoms with Crippen LogP contribution in [0.2, 0.25) is 0 Å². The number of amides is 2. The van der Waals surface area contributed by atoms with Gasteiger partial charge in [0, 0.05) is 18.1 Å². The molecule has 0 aliphatic carbocycles. The molecule has 172 valence electrons. The van der Waals surface area contributed by atoms with Crippen molar-refractivity contribution in [3.8, 4) is 5.75 Å². The summed E-state index contributed by atoms with van der Waals surface area (Å²) in [5, 5.41) is 2.96. The minimum absolute atomic E-state index is 0.214. The van der Waals surface area contributed by atoms with Crippen molar-refractivity contribution in [2.45, 2.75) is 33.3 Å². The lowest BCUT2D eigenvalue weighted by Crippen LogP contribution is -2.39. The van der Waals surface area contributed by atoms with Gasteiger partial charge in [-0.15, -0.1) is 0 Å². The molecule has 5 nitrogen and oxygen atoms in total. The van der Waals surface area contributed by atoms with Gasteiger partial charge in [-0.05, 0) is 68.1 Å². The van der Waals surface area contributed by atoms with Gasteiger partial charge in [-0.3, -0.25) is 9.59 Å². The number of carbonyl (C=O) groups excluding carboxylic acids is 2. The Morgan fingerprint density at radius 1 is 1.00 bits per heavy atom. The molecule has 0 saturated carbocycles. The summed E-state index contributed by atoms with van der Waals surface area (Å²) >= 11 is 3.48. The highest BCUT2D eigenvalue weighted by atomic mass is 79.9. The van der Waals surface area contributed by atoms with Gasteiger partial charge in [0.1, 0.15) is 5.75 Å². The van der Waals surface area contributed by atoms with Crippen LogP contribution in [0.4, 0.5) is 5.69 Å². The summed E-state index contributed by atoms with van der Waals surface area (Å²) in [6.07, 6.45) is 0.0167. The molecule has 3 aromatic carbocycles. The Labute approximate surface area is 203 Å². The van der Waals surface area contributed by atoms with E-state index in [2.05, 4.69) is 21.2 Å². The Balaban J connectivity index is 1.70. The van der Waals surface area contributed by atoms with E-state index in [1.54, 1.807) is 32.2 Å². The van der Waals surface area contributed by atoms with Crippen molar-refractivity contribution in [3.05, 3.63) is 93.5 Å². The van der Waals surface area contributed by atoms with Crippen LogP contribution in [-0.4, -0.2) is 31.5 Å². The molecule has 0 aliphatic heterocycles. The lowest BCUT2D eigenvalue weighted by molar-refractivity contribution is -0.124. The van der Waals surface area contributed by atoms with Crippen molar-refractivity contribution in [2.75, 3.05) is 18.5 Å². The van der Waals surface area contributed by atoms with Gasteiger partial charge in [-0.25, -0.2) is 0 Å². The van der Waals surface area contributed by atoms with Gasteiger partial charge < -0.3 is 15.0 Å². The van der Waals surface area contributed by atoms with Gasteiger partial charge in [-0.1, -0.05) is 58.4 Å². The van der Waals surface area contributed by atoms with Crippen molar-refractivity contribution < 1.29 is 14.3 Å². The number of likely N-dealkylation sites (N-methyl/N-ethyl adjacent to an activating group) is 1. The number of hydrogen-bond donors (Lipinski definition) is 1. The number of nitrogens with zero attached hydrogens (tertiary/aromatic N) is 1. The predicted molar refractivity (Wildman–Crippen MR) is 136 cm³/mol.